The van der Waals surface area contributed by atoms with Crippen LogP contribution in [0.4, 0.5) is 0 Å². The number of rotatable bonds is 13. The molecule has 0 spiro atoms. The Morgan fingerprint density at radius 3 is 2.32 bits per heavy atom. The monoisotopic (exact) mass is 526 g/mol. The second-order valence-corrected chi connectivity index (χ2v) is 11.3. The molecule has 37 heavy (non-hydrogen) atoms. The first kappa shape index (κ1) is 26.7. The van der Waals surface area contributed by atoms with Gasteiger partial charge in [-0.05, 0) is 47.4 Å². The van der Waals surface area contributed by atoms with Crippen LogP contribution < -0.4 is 9.47 Å². The van der Waals surface area contributed by atoms with E-state index in [0.29, 0.717) is 31.1 Å². The summed E-state index contributed by atoms with van der Waals surface area (Å²) in [5, 5.41) is 8.96. The van der Waals surface area contributed by atoms with Gasteiger partial charge in [0.05, 0.1) is 25.6 Å². The third-order valence-electron chi connectivity index (χ3n) is 6.00. The number of sulfone groups is 1. The third-order valence-corrected chi connectivity index (χ3v) is 7.03. The van der Waals surface area contributed by atoms with E-state index in [-0.39, 0.29) is 19.0 Å². The van der Waals surface area contributed by atoms with Crippen molar-refractivity contribution < 1.29 is 37.3 Å². The number of hydrogen-bond acceptors (Lipinski definition) is 7. The van der Waals surface area contributed by atoms with Crippen molar-refractivity contribution in [3.63, 3.8) is 0 Å². The van der Waals surface area contributed by atoms with Crippen LogP contribution in [0.5, 0.6) is 11.5 Å². The summed E-state index contributed by atoms with van der Waals surface area (Å²) in [6.45, 7) is 0.719. The van der Waals surface area contributed by atoms with Crippen LogP contribution in [0.3, 0.4) is 0 Å². The second kappa shape index (κ2) is 11.8. The molecular formula is C28H30O8S. The zero-order valence-corrected chi connectivity index (χ0v) is 21.4. The van der Waals surface area contributed by atoms with Crippen LogP contribution >= 0.6 is 0 Å². The molecule has 0 radical (unpaired) electrons. The Bertz CT molecular complexity index is 1300. The Labute approximate surface area is 216 Å². The Balaban J connectivity index is 1.46. The third kappa shape index (κ3) is 7.31. The maximum absolute atomic E-state index is 11.4. The van der Waals surface area contributed by atoms with E-state index in [1.54, 1.807) is 0 Å². The molecule has 0 bridgehead atoms. The van der Waals surface area contributed by atoms with Crippen LogP contribution in [0.1, 0.15) is 17.5 Å². The predicted molar refractivity (Wildman–Crippen MR) is 139 cm³/mol. The highest BCUT2D eigenvalue weighted by atomic mass is 32.2. The van der Waals surface area contributed by atoms with Gasteiger partial charge in [-0.25, -0.2) is 13.2 Å². The summed E-state index contributed by atoms with van der Waals surface area (Å²) in [5.74, 6) is 0.303. The molecule has 1 fully saturated rings. The number of carboxylic acid groups (broad SMARTS) is 1. The van der Waals surface area contributed by atoms with Crippen LogP contribution in [0.2, 0.25) is 0 Å². The molecule has 0 atom stereocenters. The van der Waals surface area contributed by atoms with E-state index in [2.05, 4.69) is 0 Å². The lowest BCUT2D eigenvalue weighted by Crippen LogP contribution is -2.49. The molecule has 1 N–H and O–H groups in total. The molecular weight excluding hydrogens is 496 g/mol. The number of ether oxygens (including phenoxy) is 4. The first-order chi connectivity index (χ1) is 17.7. The van der Waals surface area contributed by atoms with E-state index in [9.17, 15) is 13.2 Å². The predicted octanol–water partition coefficient (Wildman–Crippen LogP) is 4.07. The summed E-state index contributed by atoms with van der Waals surface area (Å²) < 4.78 is 45.7. The van der Waals surface area contributed by atoms with Gasteiger partial charge in [0.1, 0.15) is 40.2 Å². The molecule has 8 nitrogen and oxygen atoms in total. The molecule has 1 aliphatic heterocycles. The van der Waals surface area contributed by atoms with E-state index >= 15 is 0 Å². The average Bonchev–Trinajstić information content (AvgIpc) is 2.85. The molecule has 4 rings (SSSR count). The quantitative estimate of drug-likeness (QED) is 0.332. The van der Waals surface area contributed by atoms with Crippen molar-refractivity contribution in [3.8, 4) is 22.6 Å². The molecule has 0 saturated carbocycles. The topological polar surface area (TPSA) is 108 Å². The highest BCUT2D eigenvalue weighted by Gasteiger charge is 2.42. The van der Waals surface area contributed by atoms with Crippen LogP contribution in [0.15, 0.2) is 72.8 Å². The van der Waals surface area contributed by atoms with Crippen molar-refractivity contribution in [2.75, 3.05) is 38.4 Å². The molecule has 0 amide bonds. The molecule has 196 valence electrons. The molecule has 1 saturated heterocycles. The fourth-order valence-electron chi connectivity index (χ4n) is 3.98. The van der Waals surface area contributed by atoms with Crippen molar-refractivity contribution in [1.82, 2.24) is 0 Å². The van der Waals surface area contributed by atoms with Crippen LogP contribution in [0, 0.1) is 0 Å². The van der Waals surface area contributed by atoms with Crippen LogP contribution in [0.25, 0.3) is 11.1 Å². The van der Waals surface area contributed by atoms with Gasteiger partial charge in [-0.1, -0.05) is 48.5 Å². The molecule has 9 heteroatoms. The van der Waals surface area contributed by atoms with Crippen LogP contribution in [-0.2, 0) is 36.3 Å². The van der Waals surface area contributed by atoms with Gasteiger partial charge >= 0.3 is 5.97 Å². The van der Waals surface area contributed by atoms with E-state index in [1.807, 2.05) is 72.8 Å². The van der Waals surface area contributed by atoms with Crippen molar-refractivity contribution in [2.24, 2.45) is 0 Å². The minimum atomic E-state index is -3.05. The molecule has 0 aliphatic carbocycles. The SMILES string of the molecule is CS(=O)(=O)CCCOc1ccc(-c2ccccc2)cc1COc1ccc(C2(OCC(=O)O)COC2)cc1. The zero-order valence-electron chi connectivity index (χ0n) is 20.6. The number of aliphatic carboxylic acids is 1. The summed E-state index contributed by atoms with van der Waals surface area (Å²) in [6, 6.07) is 23.1. The standard InChI is InChI=1S/C28H30O8S/c1-37(31,32)15-5-14-34-26-13-8-22(21-6-3-2-4-7-21)16-23(26)17-35-25-11-9-24(10-12-25)28(19-33-20-28)36-18-27(29)30/h2-4,6-13,16H,5,14-15,17-20H2,1H3,(H,29,30). The molecule has 1 heterocycles. The normalized spacial score (nSPS) is 14.5. The molecule has 0 aromatic heterocycles. The summed E-state index contributed by atoms with van der Waals surface area (Å²) >= 11 is 0. The Morgan fingerprint density at radius 1 is 0.973 bits per heavy atom. The fraction of sp³-hybridized carbons (Fsp3) is 0.321. The van der Waals surface area contributed by atoms with Gasteiger partial charge in [0, 0.05) is 11.8 Å². The second-order valence-electron chi connectivity index (χ2n) is 9.00. The van der Waals surface area contributed by atoms with Gasteiger partial charge < -0.3 is 24.1 Å². The Morgan fingerprint density at radius 2 is 1.70 bits per heavy atom. The lowest BCUT2D eigenvalue weighted by atomic mass is 9.91. The minimum absolute atomic E-state index is 0.0655. The zero-order chi connectivity index (χ0) is 26.3. The summed E-state index contributed by atoms with van der Waals surface area (Å²) in [7, 11) is -3.05. The van der Waals surface area contributed by atoms with Crippen molar-refractivity contribution in [1.29, 1.82) is 0 Å². The van der Waals surface area contributed by atoms with E-state index in [1.165, 1.54) is 6.26 Å². The van der Waals surface area contributed by atoms with Gasteiger partial charge in [-0.15, -0.1) is 0 Å². The number of carbonyl (C=O) groups is 1. The maximum atomic E-state index is 11.4. The highest BCUT2D eigenvalue weighted by molar-refractivity contribution is 7.90. The van der Waals surface area contributed by atoms with Crippen molar-refractivity contribution >= 4 is 15.8 Å². The van der Waals surface area contributed by atoms with Gasteiger partial charge in [0.2, 0.25) is 0 Å². The van der Waals surface area contributed by atoms with E-state index in [4.69, 9.17) is 24.1 Å². The van der Waals surface area contributed by atoms with Gasteiger partial charge in [-0.2, -0.15) is 0 Å². The Kier molecular flexibility index (Phi) is 8.48. The summed E-state index contributed by atoms with van der Waals surface area (Å²) in [4.78, 5) is 10.9. The van der Waals surface area contributed by atoms with Crippen molar-refractivity contribution in [2.45, 2.75) is 18.6 Å². The molecule has 0 unspecified atom stereocenters. The van der Waals surface area contributed by atoms with Gasteiger partial charge in [-0.3, -0.25) is 0 Å². The van der Waals surface area contributed by atoms with E-state index < -0.39 is 28.0 Å². The van der Waals surface area contributed by atoms with Gasteiger partial charge in [0.15, 0.2) is 0 Å². The lowest BCUT2D eigenvalue weighted by molar-refractivity contribution is -0.220. The smallest absolute Gasteiger partial charge is 0.329 e. The van der Waals surface area contributed by atoms with Gasteiger partial charge in [0.25, 0.3) is 0 Å². The van der Waals surface area contributed by atoms with Crippen LogP contribution in [-0.4, -0.2) is 57.9 Å². The largest absolute Gasteiger partial charge is 0.493 e. The lowest BCUT2D eigenvalue weighted by Gasteiger charge is -2.41. The number of hydrogen-bond donors (Lipinski definition) is 1. The molecule has 3 aromatic carbocycles. The first-order valence-corrected chi connectivity index (χ1v) is 14.0. The van der Waals surface area contributed by atoms with Crippen molar-refractivity contribution in [3.05, 3.63) is 83.9 Å². The molecule has 3 aromatic rings. The number of carboxylic acids is 1. The maximum Gasteiger partial charge on any atom is 0.329 e. The summed E-state index contributed by atoms with van der Waals surface area (Å²) in [6.07, 6.45) is 1.61. The first-order valence-electron chi connectivity index (χ1n) is 11.9. The average molecular weight is 527 g/mol. The van der Waals surface area contributed by atoms with E-state index in [0.717, 1.165) is 22.3 Å². The number of benzene rings is 3. The summed E-state index contributed by atoms with van der Waals surface area (Å²) in [5.41, 5.74) is 2.98. The highest BCUT2D eigenvalue weighted by Crippen LogP contribution is 2.35. The fourth-order valence-corrected chi connectivity index (χ4v) is 4.63. The molecule has 1 aliphatic rings. The minimum Gasteiger partial charge on any atom is -0.493 e. The Hall–Kier alpha value is -3.40.